The molecule has 0 aliphatic carbocycles. The molecular formula is C15H21F2NO3. The van der Waals surface area contributed by atoms with Gasteiger partial charge in [0.15, 0.2) is 0 Å². The molecule has 1 rings (SSSR count). The number of benzene rings is 1. The van der Waals surface area contributed by atoms with Crippen molar-refractivity contribution in [2.45, 2.75) is 26.7 Å². The molecule has 0 aliphatic heterocycles. The third kappa shape index (κ3) is 5.67. The summed E-state index contributed by atoms with van der Waals surface area (Å²) in [5.41, 5.74) is 2.07. The zero-order valence-electron chi connectivity index (χ0n) is 12.3. The van der Waals surface area contributed by atoms with E-state index >= 15 is 0 Å². The molecule has 0 saturated heterocycles. The third-order valence-corrected chi connectivity index (χ3v) is 3.21. The van der Waals surface area contributed by atoms with Crippen molar-refractivity contribution < 1.29 is 23.4 Å². The minimum atomic E-state index is -2.61. The number of hydrogen-bond acceptors (Lipinski definition) is 3. The van der Waals surface area contributed by atoms with Crippen molar-refractivity contribution in [2.75, 3.05) is 26.3 Å². The van der Waals surface area contributed by atoms with E-state index in [0.717, 1.165) is 16.0 Å². The molecule has 21 heavy (non-hydrogen) atoms. The summed E-state index contributed by atoms with van der Waals surface area (Å²) < 4.78 is 30.2. The summed E-state index contributed by atoms with van der Waals surface area (Å²) in [6, 6.07) is 5.62. The Balaban J connectivity index is 2.49. The second-order valence-electron chi connectivity index (χ2n) is 4.75. The predicted molar refractivity (Wildman–Crippen MR) is 75.7 cm³/mol. The van der Waals surface area contributed by atoms with Crippen LogP contribution in [0.15, 0.2) is 18.2 Å². The largest absolute Gasteiger partial charge is 0.493 e. The zero-order chi connectivity index (χ0) is 15.8. The van der Waals surface area contributed by atoms with Crippen molar-refractivity contribution in [2.24, 2.45) is 0 Å². The first kappa shape index (κ1) is 17.4. The summed E-state index contributed by atoms with van der Waals surface area (Å²) >= 11 is 0. The number of rotatable bonds is 8. The number of nitrogens with zero attached hydrogens (tertiary/aromatic N) is 1. The summed E-state index contributed by atoms with van der Waals surface area (Å²) in [5, 5.41) is 8.80. The smallest absolute Gasteiger partial charge is 0.255 e. The van der Waals surface area contributed by atoms with Crippen molar-refractivity contribution in [3.63, 3.8) is 0 Å². The Labute approximate surface area is 123 Å². The number of carbonyl (C=O) groups excluding carboxylic acids is 1. The number of aliphatic hydroxyl groups is 1. The number of aryl methyl sites for hydroxylation is 1. The third-order valence-electron chi connectivity index (χ3n) is 3.21. The molecule has 1 aromatic rings. The highest BCUT2D eigenvalue weighted by Crippen LogP contribution is 2.20. The van der Waals surface area contributed by atoms with E-state index in [2.05, 4.69) is 0 Å². The van der Waals surface area contributed by atoms with Gasteiger partial charge >= 0.3 is 0 Å². The highest BCUT2D eigenvalue weighted by molar-refractivity contribution is 5.76. The summed E-state index contributed by atoms with van der Waals surface area (Å²) in [4.78, 5) is 12.8. The minimum absolute atomic E-state index is 0.000101. The number of carbonyl (C=O) groups is 1. The molecule has 0 aromatic heterocycles. The molecule has 0 aliphatic rings. The summed E-state index contributed by atoms with van der Waals surface area (Å²) in [6.07, 6.45) is -2.61. The molecule has 1 aromatic carbocycles. The van der Waals surface area contributed by atoms with E-state index in [0.29, 0.717) is 5.75 Å². The van der Waals surface area contributed by atoms with Gasteiger partial charge in [0.2, 0.25) is 5.91 Å². The number of amides is 1. The van der Waals surface area contributed by atoms with Gasteiger partial charge < -0.3 is 14.7 Å². The predicted octanol–water partition coefficient (Wildman–Crippen LogP) is 2.16. The standard InChI is InChI=1S/C15H21F2NO3/c1-11-4-3-5-13(12(11)2)21-9-6-15(20)18(7-8-19)10-14(16)17/h3-5,14,19H,6-10H2,1-2H3. The van der Waals surface area contributed by atoms with E-state index in [9.17, 15) is 13.6 Å². The molecule has 0 heterocycles. The first-order valence-corrected chi connectivity index (χ1v) is 6.81. The van der Waals surface area contributed by atoms with Gasteiger partial charge in [0, 0.05) is 6.54 Å². The van der Waals surface area contributed by atoms with E-state index in [1.54, 1.807) is 6.07 Å². The first-order chi connectivity index (χ1) is 9.95. The lowest BCUT2D eigenvalue weighted by molar-refractivity contribution is -0.134. The topological polar surface area (TPSA) is 49.8 Å². The molecule has 0 fully saturated rings. The molecule has 1 N–H and O–H groups in total. The SMILES string of the molecule is Cc1cccc(OCCC(=O)N(CCO)CC(F)F)c1C. The van der Waals surface area contributed by atoms with Gasteiger partial charge in [-0.1, -0.05) is 12.1 Å². The van der Waals surface area contributed by atoms with Gasteiger partial charge in [0.05, 0.1) is 26.2 Å². The zero-order valence-corrected chi connectivity index (χ0v) is 12.3. The molecule has 118 valence electrons. The molecule has 0 bridgehead atoms. The van der Waals surface area contributed by atoms with E-state index in [4.69, 9.17) is 9.84 Å². The lowest BCUT2D eigenvalue weighted by Gasteiger charge is -2.21. The highest BCUT2D eigenvalue weighted by Gasteiger charge is 2.17. The fourth-order valence-electron chi connectivity index (χ4n) is 1.89. The van der Waals surface area contributed by atoms with Gasteiger partial charge in [-0.2, -0.15) is 0 Å². The van der Waals surface area contributed by atoms with E-state index in [-0.39, 0.29) is 26.2 Å². The van der Waals surface area contributed by atoms with Crippen molar-refractivity contribution in [3.8, 4) is 5.75 Å². The Morgan fingerprint density at radius 2 is 2.10 bits per heavy atom. The van der Waals surface area contributed by atoms with Crippen molar-refractivity contribution in [3.05, 3.63) is 29.3 Å². The second-order valence-corrected chi connectivity index (χ2v) is 4.75. The first-order valence-electron chi connectivity index (χ1n) is 6.81. The Bertz CT molecular complexity index is 466. The maximum Gasteiger partial charge on any atom is 0.255 e. The van der Waals surface area contributed by atoms with Crippen molar-refractivity contribution in [1.82, 2.24) is 4.90 Å². The Morgan fingerprint density at radius 3 is 2.71 bits per heavy atom. The van der Waals surface area contributed by atoms with Crippen LogP contribution in [-0.4, -0.2) is 48.6 Å². The van der Waals surface area contributed by atoms with Gasteiger partial charge in [-0.25, -0.2) is 8.78 Å². The van der Waals surface area contributed by atoms with Crippen LogP contribution in [0.3, 0.4) is 0 Å². The van der Waals surface area contributed by atoms with Gasteiger partial charge in [0.1, 0.15) is 5.75 Å². The average molecular weight is 301 g/mol. The van der Waals surface area contributed by atoms with Gasteiger partial charge in [0.25, 0.3) is 6.43 Å². The molecule has 0 atom stereocenters. The molecule has 0 spiro atoms. The van der Waals surface area contributed by atoms with Crippen LogP contribution < -0.4 is 4.74 Å². The van der Waals surface area contributed by atoms with Crippen LogP contribution in [0.1, 0.15) is 17.5 Å². The Morgan fingerprint density at radius 1 is 1.38 bits per heavy atom. The number of alkyl halides is 2. The molecule has 0 unspecified atom stereocenters. The number of aliphatic hydroxyl groups excluding tert-OH is 1. The Hall–Kier alpha value is -1.69. The quantitative estimate of drug-likeness (QED) is 0.800. The second kappa shape index (κ2) is 8.56. The van der Waals surface area contributed by atoms with Crippen LogP contribution in [0.25, 0.3) is 0 Å². The van der Waals surface area contributed by atoms with Gasteiger partial charge in [-0.15, -0.1) is 0 Å². The monoisotopic (exact) mass is 301 g/mol. The van der Waals surface area contributed by atoms with Crippen LogP contribution in [0.4, 0.5) is 8.78 Å². The van der Waals surface area contributed by atoms with Crippen molar-refractivity contribution >= 4 is 5.91 Å². The molecule has 6 heteroatoms. The number of hydrogen-bond donors (Lipinski definition) is 1. The van der Waals surface area contributed by atoms with Crippen LogP contribution in [-0.2, 0) is 4.79 Å². The fourth-order valence-corrected chi connectivity index (χ4v) is 1.89. The molecule has 0 radical (unpaired) electrons. The van der Waals surface area contributed by atoms with Crippen LogP contribution >= 0.6 is 0 Å². The normalized spacial score (nSPS) is 10.8. The molecule has 4 nitrogen and oxygen atoms in total. The van der Waals surface area contributed by atoms with Crippen LogP contribution in [0.5, 0.6) is 5.75 Å². The van der Waals surface area contributed by atoms with E-state index in [1.165, 1.54) is 0 Å². The maximum atomic E-state index is 12.3. The highest BCUT2D eigenvalue weighted by atomic mass is 19.3. The van der Waals surface area contributed by atoms with E-state index in [1.807, 2.05) is 26.0 Å². The lowest BCUT2D eigenvalue weighted by atomic mass is 10.1. The fraction of sp³-hybridized carbons (Fsp3) is 0.533. The lowest BCUT2D eigenvalue weighted by Crippen LogP contribution is -2.37. The average Bonchev–Trinajstić information content (AvgIpc) is 2.42. The molecular weight excluding hydrogens is 280 g/mol. The van der Waals surface area contributed by atoms with Gasteiger partial charge in [-0.05, 0) is 31.0 Å². The minimum Gasteiger partial charge on any atom is -0.493 e. The van der Waals surface area contributed by atoms with Gasteiger partial charge in [-0.3, -0.25) is 4.79 Å². The maximum absolute atomic E-state index is 12.3. The van der Waals surface area contributed by atoms with Crippen molar-refractivity contribution in [1.29, 1.82) is 0 Å². The molecule has 0 saturated carbocycles. The van der Waals surface area contributed by atoms with Crippen LogP contribution in [0.2, 0.25) is 0 Å². The molecule has 1 amide bonds. The number of ether oxygens (including phenoxy) is 1. The summed E-state index contributed by atoms with van der Waals surface area (Å²) in [7, 11) is 0. The van der Waals surface area contributed by atoms with E-state index < -0.39 is 18.9 Å². The summed E-state index contributed by atoms with van der Waals surface area (Å²) in [6.45, 7) is 2.90. The Kier molecular flexibility index (Phi) is 7.08. The summed E-state index contributed by atoms with van der Waals surface area (Å²) in [5.74, 6) is 0.236. The number of halogens is 2. The van der Waals surface area contributed by atoms with Crippen LogP contribution in [0, 0.1) is 13.8 Å².